The van der Waals surface area contributed by atoms with E-state index in [1.54, 1.807) is 31.2 Å². The van der Waals surface area contributed by atoms with E-state index in [2.05, 4.69) is 16.6 Å². The van der Waals surface area contributed by atoms with E-state index in [4.69, 9.17) is 4.74 Å². The van der Waals surface area contributed by atoms with E-state index in [1.165, 1.54) is 12.1 Å². The van der Waals surface area contributed by atoms with Gasteiger partial charge in [-0.1, -0.05) is 41.7 Å². The molecule has 6 heteroatoms. The first-order valence-electron chi connectivity index (χ1n) is 7.30. The summed E-state index contributed by atoms with van der Waals surface area (Å²) in [7, 11) is -3.61. The summed E-state index contributed by atoms with van der Waals surface area (Å²) in [5.74, 6) is 4.94. The van der Waals surface area contributed by atoms with Crippen LogP contribution in [0, 0.1) is 31.5 Å². The average molecular weight is 347 g/mol. The maximum absolute atomic E-state index is 13.3. The van der Waals surface area contributed by atoms with Crippen LogP contribution in [0.3, 0.4) is 0 Å². The maximum atomic E-state index is 13.3. The fourth-order valence-corrected chi connectivity index (χ4v) is 3.25. The van der Waals surface area contributed by atoms with E-state index < -0.39 is 15.8 Å². The van der Waals surface area contributed by atoms with Gasteiger partial charge in [0, 0.05) is 0 Å². The highest BCUT2D eigenvalue weighted by Gasteiger charge is 2.15. The number of halogens is 1. The predicted octanol–water partition coefficient (Wildman–Crippen LogP) is 2.80. The van der Waals surface area contributed by atoms with Crippen LogP contribution in [0.25, 0.3) is 0 Å². The van der Waals surface area contributed by atoms with E-state index in [0.717, 1.165) is 5.56 Å². The van der Waals surface area contributed by atoms with Crippen molar-refractivity contribution in [2.45, 2.75) is 18.7 Å². The molecule has 0 spiro atoms. The number of nitrogens with one attached hydrogen (secondary N) is 1. The molecule has 0 bridgehead atoms. The molecule has 0 aliphatic rings. The Labute approximate surface area is 141 Å². The van der Waals surface area contributed by atoms with Gasteiger partial charge in [0.1, 0.15) is 6.61 Å². The van der Waals surface area contributed by atoms with Crippen molar-refractivity contribution in [3.05, 3.63) is 59.4 Å². The summed E-state index contributed by atoms with van der Waals surface area (Å²) in [5.41, 5.74) is 1.68. The largest absolute Gasteiger partial charge is 0.478 e. The van der Waals surface area contributed by atoms with Crippen molar-refractivity contribution in [2.24, 2.45) is 0 Å². The van der Waals surface area contributed by atoms with Gasteiger partial charge in [-0.05, 0) is 37.6 Å². The quantitative estimate of drug-likeness (QED) is 0.846. The number of benzene rings is 2. The molecule has 24 heavy (non-hydrogen) atoms. The molecule has 0 aliphatic carbocycles. The molecule has 0 atom stereocenters. The molecule has 4 nitrogen and oxygen atoms in total. The third-order valence-electron chi connectivity index (χ3n) is 3.23. The number of hydrogen-bond acceptors (Lipinski definition) is 3. The predicted molar refractivity (Wildman–Crippen MR) is 90.8 cm³/mol. The minimum absolute atomic E-state index is 0.0216. The van der Waals surface area contributed by atoms with Gasteiger partial charge in [0.05, 0.1) is 11.4 Å². The van der Waals surface area contributed by atoms with Crippen molar-refractivity contribution in [1.82, 2.24) is 4.72 Å². The summed E-state index contributed by atoms with van der Waals surface area (Å²) < 4.78 is 45.3. The van der Waals surface area contributed by atoms with Crippen LogP contribution >= 0.6 is 0 Å². The monoisotopic (exact) mass is 347 g/mol. The Morgan fingerprint density at radius 1 is 1.12 bits per heavy atom. The second-order valence-electron chi connectivity index (χ2n) is 5.17. The minimum Gasteiger partial charge on any atom is -0.478 e. The molecule has 126 valence electrons. The minimum atomic E-state index is -3.61. The van der Waals surface area contributed by atoms with E-state index >= 15 is 0 Å². The van der Waals surface area contributed by atoms with Crippen molar-refractivity contribution in [1.29, 1.82) is 0 Å². The summed E-state index contributed by atoms with van der Waals surface area (Å²) in [5, 5.41) is 0. The van der Waals surface area contributed by atoms with E-state index in [-0.39, 0.29) is 23.8 Å². The van der Waals surface area contributed by atoms with Crippen molar-refractivity contribution in [3.8, 4) is 17.6 Å². The molecule has 1 N–H and O–H groups in total. The molecule has 2 aromatic rings. The molecule has 2 aromatic carbocycles. The smallest absolute Gasteiger partial charge is 0.241 e. The molecular formula is C18H18FNO3S. The molecule has 0 heterocycles. The second-order valence-corrected chi connectivity index (χ2v) is 6.90. The van der Waals surface area contributed by atoms with Crippen LogP contribution in [0.4, 0.5) is 4.39 Å². The molecule has 0 aromatic heterocycles. The second kappa shape index (κ2) is 7.95. The molecule has 0 saturated heterocycles. The lowest BCUT2D eigenvalue weighted by molar-refractivity contribution is 0.348. The first-order valence-corrected chi connectivity index (χ1v) is 8.78. The number of ether oxygens (including phenoxy) is 1. The number of hydrogen-bond donors (Lipinski definition) is 1. The topological polar surface area (TPSA) is 55.4 Å². The number of rotatable bonds is 5. The molecule has 2 rings (SSSR count). The fourth-order valence-electron chi connectivity index (χ4n) is 2.10. The summed E-state index contributed by atoms with van der Waals surface area (Å²) in [4.78, 5) is 0.234. The molecule has 0 amide bonds. The molecule has 0 aliphatic heterocycles. The third kappa shape index (κ3) is 4.82. The SMILES string of the molecule is Cc1ccc(S(=O)(=O)NCC#CCOc2ccccc2F)c(C)c1. The lowest BCUT2D eigenvalue weighted by atomic mass is 10.2. The van der Waals surface area contributed by atoms with Crippen LogP contribution in [-0.4, -0.2) is 21.6 Å². The molecule has 0 unspecified atom stereocenters. The first-order chi connectivity index (χ1) is 11.4. The van der Waals surface area contributed by atoms with E-state index in [9.17, 15) is 12.8 Å². The zero-order chi connectivity index (χ0) is 17.6. The van der Waals surface area contributed by atoms with Crippen molar-refractivity contribution in [2.75, 3.05) is 13.2 Å². The maximum Gasteiger partial charge on any atom is 0.241 e. The van der Waals surface area contributed by atoms with Crippen LogP contribution in [0.2, 0.25) is 0 Å². The Balaban J connectivity index is 1.89. The van der Waals surface area contributed by atoms with Gasteiger partial charge in [0.25, 0.3) is 0 Å². The van der Waals surface area contributed by atoms with Crippen molar-refractivity contribution < 1.29 is 17.5 Å². The summed E-state index contributed by atoms with van der Waals surface area (Å²) in [6, 6.07) is 11.1. The summed E-state index contributed by atoms with van der Waals surface area (Å²) >= 11 is 0. The first kappa shape index (κ1) is 18.0. The summed E-state index contributed by atoms with van der Waals surface area (Å²) in [6.45, 7) is 3.58. The molecule has 0 radical (unpaired) electrons. The van der Waals surface area contributed by atoms with Gasteiger partial charge < -0.3 is 4.74 Å². The zero-order valence-electron chi connectivity index (χ0n) is 13.5. The van der Waals surface area contributed by atoms with Gasteiger partial charge in [-0.15, -0.1) is 0 Å². The Kier molecular flexibility index (Phi) is 5.96. The average Bonchev–Trinajstić information content (AvgIpc) is 2.52. The molecule has 0 saturated carbocycles. The van der Waals surface area contributed by atoms with Gasteiger partial charge in [-0.3, -0.25) is 0 Å². The van der Waals surface area contributed by atoms with E-state index in [1.807, 2.05) is 13.0 Å². The Bertz CT molecular complexity index is 883. The van der Waals surface area contributed by atoms with Crippen LogP contribution in [0.15, 0.2) is 47.4 Å². The summed E-state index contributed by atoms with van der Waals surface area (Å²) in [6.07, 6.45) is 0. The van der Waals surface area contributed by atoms with Crippen LogP contribution in [0.5, 0.6) is 5.75 Å². The van der Waals surface area contributed by atoms with Crippen LogP contribution < -0.4 is 9.46 Å². The number of para-hydroxylation sites is 1. The normalized spacial score (nSPS) is 10.8. The Hall–Kier alpha value is -2.36. The van der Waals surface area contributed by atoms with Gasteiger partial charge in [0.15, 0.2) is 11.6 Å². The lowest BCUT2D eigenvalue weighted by Gasteiger charge is -2.08. The number of sulfonamides is 1. The zero-order valence-corrected chi connectivity index (χ0v) is 14.3. The van der Waals surface area contributed by atoms with Crippen molar-refractivity contribution in [3.63, 3.8) is 0 Å². The van der Waals surface area contributed by atoms with Gasteiger partial charge in [-0.25, -0.2) is 12.8 Å². The lowest BCUT2D eigenvalue weighted by Crippen LogP contribution is -2.24. The molecule has 0 fully saturated rings. The number of aryl methyl sites for hydroxylation is 2. The molecular weight excluding hydrogens is 329 g/mol. The van der Waals surface area contributed by atoms with E-state index in [0.29, 0.717) is 5.56 Å². The fraction of sp³-hybridized carbons (Fsp3) is 0.222. The van der Waals surface area contributed by atoms with Crippen LogP contribution in [-0.2, 0) is 10.0 Å². The van der Waals surface area contributed by atoms with Gasteiger partial charge in [0.2, 0.25) is 10.0 Å². The highest BCUT2D eigenvalue weighted by Crippen LogP contribution is 2.16. The Morgan fingerprint density at radius 3 is 2.58 bits per heavy atom. The third-order valence-corrected chi connectivity index (χ3v) is 4.79. The van der Waals surface area contributed by atoms with Gasteiger partial charge in [-0.2, -0.15) is 4.72 Å². The standard InChI is InChI=1S/C18H18FNO3S/c1-14-9-10-18(15(2)13-14)24(21,22)20-11-5-6-12-23-17-8-4-3-7-16(17)19/h3-4,7-10,13,20H,11-12H2,1-2H3. The van der Waals surface area contributed by atoms with Crippen LogP contribution in [0.1, 0.15) is 11.1 Å². The van der Waals surface area contributed by atoms with Crippen molar-refractivity contribution >= 4 is 10.0 Å². The highest BCUT2D eigenvalue weighted by atomic mass is 32.2. The highest BCUT2D eigenvalue weighted by molar-refractivity contribution is 7.89. The Morgan fingerprint density at radius 2 is 1.88 bits per heavy atom. The van der Waals surface area contributed by atoms with Gasteiger partial charge >= 0.3 is 0 Å².